The first-order valence-electron chi connectivity index (χ1n) is 10.6. The van der Waals surface area contributed by atoms with Gasteiger partial charge >= 0.3 is 0 Å². The van der Waals surface area contributed by atoms with Gasteiger partial charge in [-0.25, -0.2) is 0 Å². The molecule has 0 unspecified atom stereocenters. The average Bonchev–Trinajstić information content (AvgIpc) is 3.19. The normalized spacial score (nSPS) is 20.1. The highest BCUT2D eigenvalue weighted by Gasteiger charge is 2.24. The summed E-state index contributed by atoms with van der Waals surface area (Å²) in [6.07, 6.45) is 6.53. The molecule has 0 radical (unpaired) electrons. The van der Waals surface area contributed by atoms with Gasteiger partial charge < -0.3 is 19.3 Å². The van der Waals surface area contributed by atoms with E-state index in [-0.39, 0.29) is 11.8 Å². The molecule has 3 aliphatic rings. The van der Waals surface area contributed by atoms with Crippen LogP contribution in [0.1, 0.15) is 24.8 Å². The predicted molar refractivity (Wildman–Crippen MR) is 110 cm³/mol. The van der Waals surface area contributed by atoms with E-state index in [1.807, 2.05) is 34.1 Å². The minimum atomic E-state index is 0.00244. The molecule has 7 nitrogen and oxygen atoms in total. The largest absolute Gasteiger partial charge is 0.490 e. The van der Waals surface area contributed by atoms with Gasteiger partial charge in [-0.3, -0.25) is 14.5 Å². The molecule has 0 aromatic heterocycles. The second kappa shape index (κ2) is 9.31. The van der Waals surface area contributed by atoms with E-state index >= 15 is 0 Å². The van der Waals surface area contributed by atoms with Crippen molar-refractivity contribution in [1.82, 2.24) is 14.7 Å². The topological polar surface area (TPSA) is 62.3 Å². The fourth-order valence-corrected chi connectivity index (χ4v) is 3.94. The van der Waals surface area contributed by atoms with Crippen LogP contribution in [-0.2, 0) is 9.59 Å². The Balaban J connectivity index is 1.26. The molecule has 2 saturated heterocycles. The van der Waals surface area contributed by atoms with Gasteiger partial charge in [-0.2, -0.15) is 0 Å². The van der Waals surface area contributed by atoms with Crippen LogP contribution in [-0.4, -0.2) is 85.5 Å². The zero-order valence-corrected chi connectivity index (χ0v) is 16.8. The lowest BCUT2D eigenvalue weighted by molar-refractivity contribution is -0.132. The van der Waals surface area contributed by atoms with Crippen LogP contribution in [0.2, 0.25) is 0 Å². The summed E-state index contributed by atoms with van der Waals surface area (Å²) in [5.41, 5.74) is 0.914. The molecule has 1 aromatic carbocycles. The molecule has 29 heavy (non-hydrogen) atoms. The molecule has 7 heteroatoms. The van der Waals surface area contributed by atoms with Crippen molar-refractivity contribution in [3.05, 3.63) is 29.8 Å². The van der Waals surface area contributed by atoms with Gasteiger partial charge in [0.1, 0.15) is 0 Å². The minimum Gasteiger partial charge on any atom is -0.490 e. The number of nitrogens with zero attached hydrogens (tertiary/aromatic N) is 3. The predicted octanol–water partition coefficient (Wildman–Crippen LogP) is 1.63. The van der Waals surface area contributed by atoms with Crippen LogP contribution < -0.4 is 9.47 Å². The maximum Gasteiger partial charge on any atom is 0.246 e. The van der Waals surface area contributed by atoms with Crippen molar-refractivity contribution in [2.45, 2.75) is 19.3 Å². The van der Waals surface area contributed by atoms with Crippen LogP contribution in [0.15, 0.2) is 24.3 Å². The number of benzene rings is 1. The van der Waals surface area contributed by atoms with Crippen molar-refractivity contribution >= 4 is 17.9 Å². The molecule has 0 bridgehead atoms. The van der Waals surface area contributed by atoms with E-state index < -0.39 is 0 Å². The number of ether oxygens (including phenoxy) is 2. The number of carbonyl (C=O) groups excluding carboxylic acids is 2. The van der Waals surface area contributed by atoms with Crippen molar-refractivity contribution in [2.24, 2.45) is 0 Å². The number of rotatable bonds is 4. The van der Waals surface area contributed by atoms with Crippen molar-refractivity contribution in [3.63, 3.8) is 0 Å². The SMILES string of the molecule is O=C(/C=C/c1ccc2c(c1)OCCCO2)N1CCN(CC(=O)N2CCCC2)CC1. The van der Waals surface area contributed by atoms with Crippen molar-refractivity contribution < 1.29 is 19.1 Å². The average molecular weight is 399 g/mol. The molecule has 2 amide bonds. The van der Waals surface area contributed by atoms with Crippen LogP contribution in [0.3, 0.4) is 0 Å². The molecule has 1 aromatic rings. The zero-order chi connectivity index (χ0) is 20.1. The number of likely N-dealkylation sites (tertiary alicyclic amines) is 1. The molecular formula is C22H29N3O4. The lowest BCUT2D eigenvalue weighted by atomic mass is 10.2. The van der Waals surface area contributed by atoms with Crippen LogP contribution in [0.25, 0.3) is 6.08 Å². The van der Waals surface area contributed by atoms with Crippen molar-refractivity contribution in [1.29, 1.82) is 0 Å². The Morgan fingerprint density at radius 1 is 0.862 bits per heavy atom. The van der Waals surface area contributed by atoms with E-state index in [0.29, 0.717) is 32.8 Å². The van der Waals surface area contributed by atoms with Crippen LogP contribution >= 0.6 is 0 Å². The van der Waals surface area contributed by atoms with Crippen molar-refractivity contribution in [3.8, 4) is 11.5 Å². The minimum absolute atomic E-state index is 0.00244. The number of hydrogen-bond acceptors (Lipinski definition) is 5. The molecule has 3 heterocycles. The summed E-state index contributed by atoms with van der Waals surface area (Å²) >= 11 is 0. The fourth-order valence-electron chi connectivity index (χ4n) is 3.94. The first-order chi connectivity index (χ1) is 14.2. The van der Waals surface area contributed by atoms with Gasteiger partial charge in [0, 0.05) is 51.8 Å². The number of amides is 2. The van der Waals surface area contributed by atoms with Gasteiger partial charge in [-0.1, -0.05) is 6.07 Å². The summed E-state index contributed by atoms with van der Waals surface area (Å²) in [6, 6.07) is 5.73. The van der Waals surface area contributed by atoms with Crippen molar-refractivity contribution in [2.75, 3.05) is 59.0 Å². The third kappa shape index (κ3) is 5.09. The van der Waals surface area contributed by atoms with Gasteiger partial charge in [-0.05, 0) is 36.6 Å². The molecule has 0 aliphatic carbocycles. The highest BCUT2D eigenvalue weighted by Crippen LogP contribution is 2.30. The van der Waals surface area contributed by atoms with E-state index in [9.17, 15) is 9.59 Å². The molecule has 2 fully saturated rings. The number of hydrogen-bond donors (Lipinski definition) is 0. The third-order valence-corrected chi connectivity index (χ3v) is 5.69. The Labute approximate surface area is 171 Å². The molecular weight excluding hydrogens is 370 g/mol. The van der Waals surface area contributed by atoms with Gasteiger partial charge in [0.15, 0.2) is 11.5 Å². The highest BCUT2D eigenvalue weighted by molar-refractivity contribution is 5.92. The second-order valence-electron chi connectivity index (χ2n) is 7.78. The number of fused-ring (bicyclic) bond motifs is 1. The van der Waals surface area contributed by atoms with E-state index in [2.05, 4.69) is 4.90 Å². The molecule has 4 rings (SSSR count). The van der Waals surface area contributed by atoms with Crippen LogP contribution in [0, 0.1) is 0 Å². The van der Waals surface area contributed by atoms with E-state index in [0.717, 1.165) is 62.5 Å². The summed E-state index contributed by atoms with van der Waals surface area (Å²) in [4.78, 5) is 30.8. The van der Waals surface area contributed by atoms with Gasteiger partial charge in [0.25, 0.3) is 0 Å². The first kappa shape index (κ1) is 19.8. The fraction of sp³-hybridized carbons (Fsp3) is 0.545. The lowest BCUT2D eigenvalue weighted by Gasteiger charge is -2.34. The quantitative estimate of drug-likeness (QED) is 0.720. The molecule has 156 valence electrons. The Bertz CT molecular complexity index is 765. The summed E-state index contributed by atoms with van der Waals surface area (Å²) in [5, 5.41) is 0. The molecule has 0 spiro atoms. The van der Waals surface area contributed by atoms with Gasteiger partial charge in [0.05, 0.1) is 19.8 Å². The van der Waals surface area contributed by atoms with E-state index in [1.165, 1.54) is 0 Å². The monoisotopic (exact) mass is 399 g/mol. The maximum atomic E-state index is 12.5. The van der Waals surface area contributed by atoms with Gasteiger partial charge in [-0.15, -0.1) is 0 Å². The Kier molecular flexibility index (Phi) is 6.34. The van der Waals surface area contributed by atoms with Gasteiger partial charge in [0.2, 0.25) is 11.8 Å². The maximum absolute atomic E-state index is 12.5. The van der Waals surface area contributed by atoms with E-state index in [4.69, 9.17) is 9.47 Å². The van der Waals surface area contributed by atoms with Crippen LogP contribution in [0.5, 0.6) is 11.5 Å². The zero-order valence-electron chi connectivity index (χ0n) is 16.8. The Morgan fingerprint density at radius 3 is 2.34 bits per heavy atom. The van der Waals surface area contributed by atoms with E-state index in [1.54, 1.807) is 6.08 Å². The summed E-state index contributed by atoms with van der Waals surface area (Å²) < 4.78 is 11.3. The molecule has 0 atom stereocenters. The highest BCUT2D eigenvalue weighted by atomic mass is 16.5. The summed E-state index contributed by atoms with van der Waals surface area (Å²) in [7, 11) is 0. The standard InChI is InChI=1S/C22H29N3O4/c26-21(7-5-18-4-6-19-20(16-18)29-15-3-14-28-19)25-12-10-23(11-13-25)17-22(27)24-8-1-2-9-24/h4-7,16H,1-3,8-15,17H2/b7-5+. The number of carbonyl (C=O) groups is 2. The Morgan fingerprint density at radius 2 is 1.59 bits per heavy atom. The smallest absolute Gasteiger partial charge is 0.246 e. The molecule has 0 N–H and O–H groups in total. The molecule has 0 saturated carbocycles. The number of piperazine rings is 1. The summed E-state index contributed by atoms with van der Waals surface area (Å²) in [6.45, 7) is 6.33. The summed E-state index contributed by atoms with van der Waals surface area (Å²) in [5.74, 6) is 1.71. The first-order valence-corrected chi connectivity index (χ1v) is 10.6. The molecule has 3 aliphatic heterocycles. The lowest BCUT2D eigenvalue weighted by Crippen LogP contribution is -2.51. The van der Waals surface area contributed by atoms with Crippen LogP contribution in [0.4, 0.5) is 0 Å². The second-order valence-corrected chi connectivity index (χ2v) is 7.78. The third-order valence-electron chi connectivity index (χ3n) is 5.69. The Hall–Kier alpha value is -2.54.